The molecule has 7 N–H and O–H groups in total. The van der Waals surface area contributed by atoms with Crippen LogP contribution in [0.15, 0.2) is 64.8 Å². The number of pyridine rings is 1. The number of nitrogens with one attached hydrogen (secondary N) is 6. The Morgan fingerprint density at radius 1 is 0.774 bits per heavy atom. The Balaban J connectivity index is 1.01. The molecular formula is C54H56N14O10S6. The number of amides is 6. The van der Waals surface area contributed by atoms with E-state index in [2.05, 4.69) is 41.8 Å². The number of aliphatic hydroxyl groups excluding tert-OH is 1. The molecule has 24 nitrogen and oxygen atoms in total. The maximum Gasteiger partial charge on any atom is 0.412 e. The zero-order chi connectivity index (χ0) is 59.0. The summed E-state index contributed by atoms with van der Waals surface area (Å²) in [4.78, 5) is 120. The van der Waals surface area contributed by atoms with Crippen molar-refractivity contribution in [3.05, 3.63) is 112 Å². The number of carbonyl (C=O) groups excluding carboxylic acids is 6. The van der Waals surface area contributed by atoms with Gasteiger partial charge in [-0.2, -0.15) is 0 Å². The number of morpholine rings is 1. The van der Waals surface area contributed by atoms with Crippen LogP contribution < -0.4 is 31.9 Å². The first-order valence-electron chi connectivity index (χ1n) is 26.3. The fourth-order valence-corrected chi connectivity index (χ4v) is 14.5. The minimum Gasteiger partial charge on any atom is -0.448 e. The second-order valence-electron chi connectivity index (χ2n) is 19.4. The number of anilines is 1. The van der Waals surface area contributed by atoms with Crippen molar-refractivity contribution < 1.29 is 48.1 Å². The van der Waals surface area contributed by atoms with E-state index in [1.165, 1.54) is 70.8 Å². The highest BCUT2D eigenvalue weighted by molar-refractivity contribution is 7.19. The molecule has 9 heterocycles. The molecule has 0 aliphatic carbocycles. The lowest BCUT2D eigenvalue weighted by Gasteiger charge is -2.26. The van der Waals surface area contributed by atoms with Crippen molar-refractivity contribution in [2.24, 2.45) is 5.92 Å². The summed E-state index contributed by atoms with van der Waals surface area (Å²) in [6, 6.07) is 9.59. The second kappa shape index (κ2) is 27.1. The fourth-order valence-electron chi connectivity index (χ4n) is 8.87. The van der Waals surface area contributed by atoms with Gasteiger partial charge in [0.15, 0.2) is 0 Å². The van der Waals surface area contributed by atoms with Crippen LogP contribution in [-0.4, -0.2) is 141 Å². The number of thiazole rings is 6. The molecule has 2 aliphatic rings. The molecule has 4 atom stereocenters. The lowest BCUT2D eigenvalue weighted by atomic mass is 10.0. The van der Waals surface area contributed by atoms with E-state index >= 15 is 0 Å². The SMILES string of the molecule is CNC(=O)C[C@@H]1NC(=O)c2csc(n2)-c2ccc(-c3nc(NC(=O)OCCN4CCOCC4)cs3)nc2-c2cnc(s2)-c2csc(n2)[C@H]([C@@H](O)c2ccccc2)NC(=O)CNC(=O)c2nc(sc2COC)[C@H](C(C)C)NC(=O)c2nc1sc2C. The number of hydrogen-bond donors (Lipinski definition) is 7. The van der Waals surface area contributed by atoms with Crippen LogP contribution in [0.25, 0.3) is 42.5 Å². The van der Waals surface area contributed by atoms with E-state index in [9.17, 15) is 33.9 Å². The van der Waals surface area contributed by atoms with Gasteiger partial charge in [0.05, 0.1) is 66.0 Å². The number of aromatic nitrogens is 7. The van der Waals surface area contributed by atoms with Crippen LogP contribution in [0.2, 0.25) is 0 Å². The third-order valence-electron chi connectivity index (χ3n) is 13.2. The molecule has 84 heavy (non-hydrogen) atoms. The summed E-state index contributed by atoms with van der Waals surface area (Å²) in [7, 11) is 2.95. The largest absolute Gasteiger partial charge is 0.448 e. The highest BCUT2D eigenvalue weighted by Crippen LogP contribution is 2.41. The van der Waals surface area contributed by atoms with Crippen LogP contribution in [0, 0.1) is 12.8 Å². The first-order chi connectivity index (χ1) is 40.6. The average Bonchev–Trinajstić information content (AvgIpc) is 3.62. The minimum absolute atomic E-state index is 0.00229. The summed E-state index contributed by atoms with van der Waals surface area (Å²) < 4.78 is 16.3. The molecule has 7 aromatic heterocycles. The van der Waals surface area contributed by atoms with Crippen molar-refractivity contribution in [2.75, 3.05) is 65.5 Å². The van der Waals surface area contributed by atoms with Crippen molar-refractivity contribution in [1.29, 1.82) is 0 Å². The first-order valence-corrected chi connectivity index (χ1v) is 31.4. The molecule has 1 fully saturated rings. The number of aliphatic hydroxyl groups is 1. The number of benzene rings is 1. The Morgan fingerprint density at radius 2 is 1.55 bits per heavy atom. The van der Waals surface area contributed by atoms with Crippen molar-refractivity contribution in [1.82, 2.24) is 66.4 Å². The Kier molecular flexibility index (Phi) is 19.3. The van der Waals surface area contributed by atoms with E-state index in [1.807, 2.05) is 19.9 Å². The summed E-state index contributed by atoms with van der Waals surface area (Å²) in [6.07, 6.45) is -0.494. The number of hydrogen-bond acceptors (Lipinski definition) is 24. The molecule has 1 aromatic carbocycles. The van der Waals surface area contributed by atoms with Crippen LogP contribution in [0.3, 0.4) is 0 Å². The predicted molar refractivity (Wildman–Crippen MR) is 319 cm³/mol. The van der Waals surface area contributed by atoms with Gasteiger partial charge in [0.2, 0.25) is 11.8 Å². The van der Waals surface area contributed by atoms with Gasteiger partial charge in [-0.1, -0.05) is 44.2 Å². The lowest BCUT2D eigenvalue weighted by molar-refractivity contribution is -0.122. The zero-order valence-electron chi connectivity index (χ0n) is 45.8. The van der Waals surface area contributed by atoms with Crippen LogP contribution in [0.4, 0.5) is 10.6 Å². The van der Waals surface area contributed by atoms with Crippen LogP contribution in [0.5, 0.6) is 0 Å². The van der Waals surface area contributed by atoms with Crippen LogP contribution in [0.1, 0.15) is 106 Å². The number of methoxy groups -OCH3 is 1. The second-order valence-corrected chi connectivity index (χ2v) is 25.4. The van der Waals surface area contributed by atoms with Crippen molar-refractivity contribution in [3.8, 4) is 42.5 Å². The molecule has 2 aliphatic heterocycles. The molecule has 1 saturated heterocycles. The maximum atomic E-state index is 14.3. The van der Waals surface area contributed by atoms with Gasteiger partial charge < -0.3 is 45.9 Å². The summed E-state index contributed by atoms with van der Waals surface area (Å²) in [5.41, 5.74) is 2.48. The van der Waals surface area contributed by atoms with Crippen molar-refractivity contribution >= 4 is 109 Å². The van der Waals surface area contributed by atoms with Crippen LogP contribution in [-0.2, 0) is 30.4 Å². The Hall–Kier alpha value is -7.39. The number of nitrogens with zero attached hydrogens (tertiary/aromatic N) is 8. The molecule has 0 unspecified atom stereocenters. The number of ether oxygens (including phenoxy) is 3. The van der Waals surface area contributed by atoms with Gasteiger partial charge in [-0.05, 0) is 30.5 Å². The third-order valence-corrected chi connectivity index (χ3v) is 19.1. The van der Waals surface area contributed by atoms with Gasteiger partial charge in [0, 0.05) is 66.6 Å². The van der Waals surface area contributed by atoms with E-state index in [-0.39, 0.29) is 48.5 Å². The molecule has 10 bridgehead atoms. The molecule has 438 valence electrons. The van der Waals surface area contributed by atoms with Crippen LogP contribution >= 0.6 is 68.0 Å². The van der Waals surface area contributed by atoms with Gasteiger partial charge in [-0.25, -0.2) is 39.7 Å². The van der Waals surface area contributed by atoms with E-state index in [4.69, 9.17) is 44.1 Å². The molecule has 0 saturated carbocycles. The minimum atomic E-state index is -1.27. The number of rotatable bonds is 12. The van der Waals surface area contributed by atoms with Gasteiger partial charge in [0.1, 0.15) is 77.4 Å². The number of carbonyl (C=O) groups is 6. The highest BCUT2D eigenvalue weighted by Gasteiger charge is 2.33. The third kappa shape index (κ3) is 14.1. The van der Waals surface area contributed by atoms with Crippen molar-refractivity contribution in [2.45, 2.75) is 58.0 Å². The van der Waals surface area contributed by atoms with E-state index in [1.54, 1.807) is 65.7 Å². The molecule has 8 aromatic rings. The van der Waals surface area contributed by atoms with Gasteiger partial charge in [-0.3, -0.25) is 34.2 Å². The van der Waals surface area contributed by atoms with E-state index in [0.717, 1.165) is 24.4 Å². The van der Waals surface area contributed by atoms with E-state index < -0.39 is 66.4 Å². The number of fused-ring (bicyclic) bond motifs is 14. The Labute approximate surface area is 504 Å². The van der Waals surface area contributed by atoms with Gasteiger partial charge >= 0.3 is 6.09 Å². The van der Waals surface area contributed by atoms with Gasteiger partial charge in [0.25, 0.3) is 17.7 Å². The number of aryl methyl sites for hydroxylation is 1. The van der Waals surface area contributed by atoms with Gasteiger partial charge in [-0.15, -0.1) is 68.0 Å². The summed E-state index contributed by atoms with van der Waals surface area (Å²) >= 11 is 7.23. The molecule has 10 rings (SSSR count). The molecular weight excluding hydrogens is 1200 g/mol. The Bertz CT molecular complexity index is 3680. The molecule has 0 spiro atoms. The summed E-state index contributed by atoms with van der Waals surface area (Å²) in [6.45, 7) is 8.53. The smallest absolute Gasteiger partial charge is 0.412 e. The lowest BCUT2D eigenvalue weighted by Crippen LogP contribution is -2.40. The standard InChI is InChI=1S/C54H56N14O10S6/c1-26(2)39-53-67-42(35(84-53)22-76-5)46(73)56-21-38(70)64-43(44(71)28-9-7-6-8-10-28)52-61-33(24-80-52)49-57-20-34(83-49)41-29(11-12-30(58-41)50-62-36(25-81-50)63-54(75)78-18-15-68-13-16-77-17-14-68)48-60-32(23-79-48)45(72)59-31(19-37(69)55-4)51-66-40(27(3)82-51)47(74)65-39/h6-12,20,23-26,31,39,43-44,71H,13-19,21-22H2,1-5H3,(H,55,69)(H,56,73)(H,59,72)(H,63,75)(H,64,70)(H,65,74)/t31-,39-,43-,44-/m0/s1. The highest BCUT2D eigenvalue weighted by atomic mass is 32.1. The van der Waals surface area contributed by atoms with Crippen molar-refractivity contribution in [3.63, 3.8) is 0 Å². The summed E-state index contributed by atoms with van der Waals surface area (Å²) in [5.74, 6) is -2.82. The maximum absolute atomic E-state index is 14.3. The normalized spacial score (nSPS) is 17.6. The Morgan fingerprint density at radius 3 is 2.32 bits per heavy atom. The molecule has 0 radical (unpaired) electrons. The average molecular weight is 1250 g/mol. The quantitative estimate of drug-likeness (QED) is 0.0636. The zero-order valence-corrected chi connectivity index (χ0v) is 50.6. The topological polar surface area (TPSA) is 316 Å². The molecule has 6 amide bonds. The predicted octanol–water partition coefficient (Wildman–Crippen LogP) is 7.19. The monoisotopic (exact) mass is 1250 g/mol. The fraction of sp³-hybridized carbons (Fsp3) is 0.352. The summed E-state index contributed by atoms with van der Waals surface area (Å²) in [5, 5.41) is 36.2. The first kappa shape index (κ1) is 59.8. The molecule has 30 heteroatoms. The van der Waals surface area contributed by atoms with E-state index in [0.29, 0.717) is 92.6 Å².